The van der Waals surface area contributed by atoms with Crippen molar-refractivity contribution in [2.45, 2.75) is 141 Å². The lowest BCUT2D eigenvalue weighted by molar-refractivity contribution is -0.141. The van der Waals surface area contributed by atoms with Crippen molar-refractivity contribution >= 4 is 43.4 Å². The van der Waals surface area contributed by atoms with Gasteiger partial charge in [-0.3, -0.25) is 4.79 Å². The monoisotopic (exact) mass is 935 g/mol. The van der Waals surface area contributed by atoms with Crippen molar-refractivity contribution in [1.29, 1.82) is 0 Å². The van der Waals surface area contributed by atoms with Crippen molar-refractivity contribution in [1.82, 2.24) is 0 Å². The summed E-state index contributed by atoms with van der Waals surface area (Å²) in [6, 6.07) is 44.3. The average Bonchev–Trinajstić information content (AvgIpc) is 4.01. The van der Waals surface area contributed by atoms with Crippen LogP contribution in [0.2, 0.25) is 10.1 Å². The summed E-state index contributed by atoms with van der Waals surface area (Å²) in [5.41, 5.74) is 4.47. The highest BCUT2D eigenvalue weighted by Crippen LogP contribution is 2.68. The molecule has 0 aromatic heterocycles. The molecule has 7 heteroatoms. The van der Waals surface area contributed by atoms with Gasteiger partial charge in [-0.2, -0.15) is 0 Å². The number of benzene rings is 4. The van der Waals surface area contributed by atoms with Crippen molar-refractivity contribution < 1.29 is 23.1 Å². The van der Waals surface area contributed by atoms with Gasteiger partial charge in [0.1, 0.15) is 0 Å². The molecule has 4 aromatic rings. The molecule has 4 saturated carbocycles. The van der Waals surface area contributed by atoms with E-state index >= 15 is 0 Å². The van der Waals surface area contributed by atoms with Gasteiger partial charge in [0.25, 0.3) is 16.6 Å². The summed E-state index contributed by atoms with van der Waals surface area (Å²) in [6.45, 7) is 23.3. The summed E-state index contributed by atoms with van der Waals surface area (Å²) in [7, 11) is -4.42. The Bertz CT molecular complexity index is 2280. The molecule has 4 fully saturated rings. The van der Waals surface area contributed by atoms with Gasteiger partial charge in [0.2, 0.25) is 0 Å². The number of fused-ring (bicyclic) bond motifs is 1. The first-order valence-corrected chi connectivity index (χ1v) is 29.2. The molecule has 5 atom stereocenters. The van der Waals surface area contributed by atoms with Crippen molar-refractivity contribution in [2.24, 2.45) is 22.7 Å². The number of methoxy groups -OCH3 is 1. The minimum absolute atomic E-state index is 0.0977. The van der Waals surface area contributed by atoms with Gasteiger partial charge in [0.15, 0.2) is 0 Å². The molecule has 5 nitrogen and oxygen atoms in total. The SMILES string of the molecule is C=C1C(=CC=C2CCC[C@@]3(C)C2CC[C@@H]3C2(COCCCC(=O)OC)CC2)C[C@@H](O[Si](c2ccccc2)(c2ccccc2)C(C)(C)C)C[C@@H]1O[Si](c1ccccc1)(c1ccccc1)C(C)(C)C. The van der Waals surface area contributed by atoms with Crippen molar-refractivity contribution in [3.8, 4) is 0 Å². The molecule has 0 saturated heterocycles. The van der Waals surface area contributed by atoms with E-state index in [1.165, 1.54) is 72.0 Å². The van der Waals surface area contributed by atoms with E-state index in [4.69, 9.17) is 24.9 Å². The normalized spacial score (nSPS) is 25.5. The lowest BCUT2D eigenvalue weighted by Gasteiger charge is -2.49. The Morgan fingerprint density at radius 1 is 0.716 bits per heavy atom. The third kappa shape index (κ3) is 9.75. The Morgan fingerprint density at radius 2 is 1.22 bits per heavy atom. The number of carbonyl (C=O) groups is 1. The van der Waals surface area contributed by atoms with Gasteiger partial charge in [0.05, 0.1) is 25.9 Å². The van der Waals surface area contributed by atoms with E-state index in [1.807, 2.05) is 0 Å². The van der Waals surface area contributed by atoms with E-state index in [0.717, 1.165) is 31.4 Å². The Balaban J connectivity index is 1.17. The summed E-state index contributed by atoms with van der Waals surface area (Å²) in [5, 5.41) is 4.80. The van der Waals surface area contributed by atoms with Gasteiger partial charge >= 0.3 is 5.97 Å². The summed E-state index contributed by atoms with van der Waals surface area (Å²) in [5.74, 6) is 1.05. The van der Waals surface area contributed by atoms with Gasteiger partial charge in [-0.1, -0.05) is 194 Å². The number of hydrogen-bond acceptors (Lipinski definition) is 5. The molecule has 0 spiro atoms. The molecule has 0 N–H and O–H groups in total. The van der Waals surface area contributed by atoms with Gasteiger partial charge in [0, 0.05) is 19.4 Å². The van der Waals surface area contributed by atoms with Crippen LogP contribution in [0, 0.1) is 22.7 Å². The van der Waals surface area contributed by atoms with Crippen LogP contribution in [0.4, 0.5) is 0 Å². The minimum atomic E-state index is -2.96. The van der Waals surface area contributed by atoms with E-state index in [9.17, 15) is 4.79 Å². The highest BCUT2D eigenvalue weighted by molar-refractivity contribution is 7.00. The zero-order chi connectivity index (χ0) is 47.5. The van der Waals surface area contributed by atoms with Gasteiger partial charge in [-0.25, -0.2) is 0 Å². The maximum Gasteiger partial charge on any atom is 0.305 e. The van der Waals surface area contributed by atoms with E-state index in [-0.39, 0.29) is 39.1 Å². The lowest BCUT2D eigenvalue weighted by atomic mass is 9.60. The molecule has 4 aliphatic carbocycles. The lowest BCUT2D eigenvalue weighted by Crippen LogP contribution is -2.69. The summed E-state index contributed by atoms with van der Waals surface area (Å²) in [6.07, 6.45) is 15.9. The number of allylic oxidation sites excluding steroid dienone is 3. The Hall–Kier alpha value is -4.12. The fraction of sp³-hybridized carbons (Fsp3) is 0.483. The third-order valence-electron chi connectivity index (χ3n) is 16.6. The van der Waals surface area contributed by atoms with Gasteiger partial charge in [-0.05, 0) is 122 Å². The molecule has 356 valence electrons. The smallest absolute Gasteiger partial charge is 0.305 e. The largest absolute Gasteiger partial charge is 0.469 e. The van der Waals surface area contributed by atoms with Crippen LogP contribution in [0.25, 0.3) is 0 Å². The molecule has 67 heavy (non-hydrogen) atoms. The number of rotatable bonds is 16. The Kier molecular flexibility index (Phi) is 14.8. The van der Waals surface area contributed by atoms with Crippen LogP contribution in [-0.2, 0) is 23.1 Å². The van der Waals surface area contributed by atoms with E-state index < -0.39 is 16.6 Å². The molecule has 8 rings (SSSR count). The second-order valence-corrected chi connectivity index (χ2v) is 31.2. The Labute approximate surface area is 405 Å². The molecule has 4 aromatic carbocycles. The van der Waals surface area contributed by atoms with Crippen LogP contribution in [0.3, 0.4) is 0 Å². The molecule has 4 aliphatic rings. The molecule has 1 unspecified atom stereocenters. The highest BCUT2D eigenvalue weighted by Gasteiger charge is 2.61. The molecular formula is C60H78O5Si2. The van der Waals surface area contributed by atoms with Crippen molar-refractivity contribution in [3.63, 3.8) is 0 Å². The first-order chi connectivity index (χ1) is 32.1. The molecular weight excluding hydrogens is 857 g/mol. The molecule has 0 bridgehead atoms. The van der Waals surface area contributed by atoms with Crippen LogP contribution < -0.4 is 20.7 Å². The number of ether oxygens (including phenoxy) is 2. The zero-order valence-corrected chi connectivity index (χ0v) is 44.0. The van der Waals surface area contributed by atoms with Crippen molar-refractivity contribution in [2.75, 3.05) is 20.3 Å². The number of esters is 1. The average molecular weight is 935 g/mol. The van der Waals surface area contributed by atoms with E-state index in [1.54, 1.807) is 5.57 Å². The van der Waals surface area contributed by atoms with Crippen LogP contribution in [0.1, 0.15) is 119 Å². The predicted molar refractivity (Wildman–Crippen MR) is 281 cm³/mol. The predicted octanol–water partition coefficient (Wildman–Crippen LogP) is 12.0. The fourth-order valence-corrected chi connectivity index (χ4v) is 22.6. The van der Waals surface area contributed by atoms with E-state index in [2.05, 4.69) is 182 Å². The minimum Gasteiger partial charge on any atom is -0.469 e. The molecule has 0 aliphatic heterocycles. The maximum absolute atomic E-state index is 11.7. The zero-order valence-electron chi connectivity index (χ0n) is 42.0. The second-order valence-electron chi connectivity index (χ2n) is 22.7. The van der Waals surface area contributed by atoms with Crippen LogP contribution in [0.15, 0.2) is 157 Å². The first kappa shape index (κ1) is 49.3. The van der Waals surface area contributed by atoms with Crippen LogP contribution in [0.5, 0.6) is 0 Å². The summed E-state index contributed by atoms with van der Waals surface area (Å²) >= 11 is 0. The summed E-state index contributed by atoms with van der Waals surface area (Å²) < 4.78 is 27.4. The number of carbonyl (C=O) groups excluding carboxylic acids is 1. The van der Waals surface area contributed by atoms with Gasteiger partial charge in [-0.15, -0.1) is 0 Å². The Morgan fingerprint density at radius 3 is 1.70 bits per heavy atom. The molecule has 0 amide bonds. The quantitative estimate of drug-likeness (QED) is 0.0636. The second kappa shape index (κ2) is 20.1. The number of hydrogen-bond donors (Lipinski definition) is 0. The molecule has 0 radical (unpaired) electrons. The van der Waals surface area contributed by atoms with E-state index in [0.29, 0.717) is 31.3 Å². The fourth-order valence-electron chi connectivity index (χ4n) is 13.2. The van der Waals surface area contributed by atoms with Crippen molar-refractivity contribution in [3.05, 3.63) is 157 Å². The first-order valence-electron chi connectivity index (χ1n) is 25.4. The highest BCUT2D eigenvalue weighted by atomic mass is 28.4. The topological polar surface area (TPSA) is 54.0 Å². The third-order valence-corrected chi connectivity index (χ3v) is 26.7. The molecule has 0 heterocycles. The standard InChI is InChI=1S/C60H78O5Si2/c1-45-47(35-34-46-24-22-38-59(8)53(46)36-37-55(59)60(39-40-60)44-63-41-23-33-56(61)62-9)42-48(64-66(57(2,3)4,49-25-14-10-15-26-49)50-27-16-11-17-28-50)43-54(45)65-67(58(5,6)7,51-29-18-12-19-30-51)52-31-20-13-21-32-52/h10-21,25-32,34-35,48,53-55H,1,22-24,33,36-44H2,2-9H3/t48-,53?,54+,55+,59+/m1/s1. The summed E-state index contributed by atoms with van der Waals surface area (Å²) in [4.78, 5) is 11.7. The van der Waals surface area contributed by atoms with Crippen LogP contribution in [-0.4, -0.2) is 55.1 Å². The van der Waals surface area contributed by atoms with Gasteiger partial charge < -0.3 is 18.3 Å². The van der Waals surface area contributed by atoms with Crippen LogP contribution >= 0.6 is 0 Å². The maximum atomic E-state index is 11.7.